The SMILES string of the molecule is CC/C(=C(\c1ccc(O)cc1)c1ccc(OCCN(C)C(=O)COCCOCCN(C)C(=O)Cc2ccc3c(c2)CN(C2CCC(=O)N(COC(=O)OC(C)(C)C)C2=O)C3=O)cc1)c1ccccc1. The van der Waals surface area contributed by atoms with Gasteiger partial charge in [0, 0.05) is 39.2 Å². The number of allylic oxidation sites excluding steroid dienone is 1. The summed E-state index contributed by atoms with van der Waals surface area (Å²) < 4.78 is 27.3. The van der Waals surface area contributed by atoms with E-state index in [9.17, 15) is 33.9 Å². The number of likely N-dealkylation sites (N-methyl/N-ethyl adjacent to an activating group) is 2. The van der Waals surface area contributed by atoms with Crippen molar-refractivity contribution in [3.8, 4) is 11.5 Å². The van der Waals surface area contributed by atoms with Gasteiger partial charge < -0.3 is 43.5 Å². The average molecular weight is 947 g/mol. The number of hydrogen-bond donors (Lipinski definition) is 1. The van der Waals surface area contributed by atoms with Crippen LogP contribution in [-0.4, -0.2) is 139 Å². The topological polar surface area (TPSA) is 182 Å². The number of carbonyl (C=O) groups excluding carboxylic acids is 6. The lowest BCUT2D eigenvalue weighted by molar-refractivity contribution is -0.157. The molecule has 2 aliphatic rings. The number of piperidine rings is 1. The molecule has 69 heavy (non-hydrogen) atoms. The fourth-order valence-electron chi connectivity index (χ4n) is 7.98. The molecule has 0 saturated carbocycles. The number of carbonyl (C=O) groups is 6. The summed E-state index contributed by atoms with van der Waals surface area (Å²) in [4.78, 5) is 82.6. The fraction of sp³-hybridized carbons (Fsp3) is 0.396. The summed E-state index contributed by atoms with van der Waals surface area (Å²) in [5, 5.41) is 9.94. The molecule has 0 bridgehead atoms. The van der Waals surface area contributed by atoms with E-state index in [1.165, 1.54) is 10.5 Å². The first-order chi connectivity index (χ1) is 33.0. The number of amides is 5. The second-order valence-electron chi connectivity index (χ2n) is 17.8. The molecule has 1 saturated heterocycles. The molecule has 0 radical (unpaired) electrons. The van der Waals surface area contributed by atoms with Gasteiger partial charge in [-0.1, -0.05) is 73.7 Å². The molecule has 16 nitrogen and oxygen atoms in total. The van der Waals surface area contributed by atoms with Crippen molar-refractivity contribution in [3.05, 3.63) is 130 Å². The van der Waals surface area contributed by atoms with E-state index in [0.717, 1.165) is 33.6 Å². The highest BCUT2D eigenvalue weighted by molar-refractivity contribution is 6.05. The monoisotopic (exact) mass is 946 g/mol. The average Bonchev–Trinajstić information content (AvgIpc) is 3.64. The molecule has 6 rings (SSSR count). The van der Waals surface area contributed by atoms with Crippen molar-refractivity contribution < 1.29 is 57.6 Å². The quantitative estimate of drug-likeness (QED) is 0.0404. The van der Waals surface area contributed by atoms with Crippen LogP contribution in [0.25, 0.3) is 11.1 Å². The number of fused-ring (bicyclic) bond motifs is 1. The van der Waals surface area contributed by atoms with Crippen molar-refractivity contribution in [1.29, 1.82) is 0 Å². The molecule has 366 valence electrons. The van der Waals surface area contributed by atoms with Gasteiger partial charge in [-0.2, -0.15) is 0 Å². The van der Waals surface area contributed by atoms with E-state index < -0.39 is 36.3 Å². The molecule has 1 N–H and O–H groups in total. The highest BCUT2D eigenvalue weighted by Gasteiger charge is 2.43. The third kappa shape index (κ3) is 14.0. The molecule has 0 spiro atoms. The Balaban J connectivity index is 0.868. The number of benzene rings is 4. The molecule has 0 aromatic heterocycles. The Morgan fingerprint density at radius 1 is 0.768 bits per heavy atom. The zero-order valence-electron chi connectivity index (χ0n) is 40.2. The first-order valence-electron chi connectivity index (χ1n) is 23.1. The van der Waals surface area contributed by atoms with E-state index in [1.807, 2.05) is 54.6 Å². The zero-order valence-corrected chi connectivity index (χ0v) is 40.2. The van der Waals surface area contributed by atoms with Gasteiger partial charge in [-0.15, -0.1) is 0 Å². The maximum Gasteiger partial charge on any atom is 0.510 e. The smallest absolute Gasteiger partial charge is 0.508 e. The van der Waals surface area contributed by atoms with Gasteiger partial charge >= 0.3 is 6.16 Å². The van der Waals surface area contributed by atoms with Gasteiger partial charge in [-0.05, 0) is 103 Å². The predicted octanol–water partition coefficient (Wildman–Crippen LogP) is 6.72. The van der Waals surface area contributed by atoms with Crippen LogP contribution in [0.1, 0.15) is 85.1 Å². The number of likely N-dealkylation sites (tertiary alicyclic amines) is 1. The van der Waals surface area contributed by atoms with Gasteiger partial charge in [0.25, 0.3) is 11.8 Å². The van der Waals surface area contributed by atoms with Crippen molar-refractivity contribution in [2.45, 2.75) is 71.6 Å². The van der Waals surface area contributed by atoms with E-state index in [-0.39, 0.29) is 82.3 Å². The second kappa shape index (κ2) is 23.8. The number of rotatable bonds is 21. The van der Waals surface area contributed by atoms with Crippen LogP contribution < -0.4 is 4.74 Å². The number of phenolic OH excluding ortho intramolecular Hbond substituents is 1. The van der Waals surface area contributed by atoms with E-state index in [1.54, 1.807) is 75.0 Å². The highest BCUT2D eigenvalue weighted by atomic mass is 16.7. The number of imide groups is 1. The standard InChI is InChI=1S/C53H62N4O12/c1-7-43(37-11-9-8-10-12-37)49(38-14-18-41(58)19-15-38)39-16-20-42(21-17-39)67-28-26-55(6)48(61)34-66-30-29-65-27-25-54(5)47(60)32-36-13-22-44-40(31-36)33-56(50(44)62)45-23-24-46(59)57(51(45)63)35-68-52(64)69-53(2,3)4/h8-22,31,45,58H,7,23-30,32-35H2,1-6H3/b49-43-. The van der Waals surface area contributed by atoms with Gasteiger partial charge in [-0.25, -0.2) is 9.69 Å². The molecule has 1 fully saturated rings. The molecule has 1 atom stereocenters. The van der Waals surface area contributed by atoms with Crippen LogP contribution in [0.2, 0.25) is 0 Å². The number of phenols is 1. The summed E-state index contributed by atoms with van der Waals surface area (Å²) in [6.07, 6.45) is -0.00517. The Labute approximate surface area is 403 Å². The molecular weight excluding hydrogens is 885 g/mol. The highest BCUT2D eigenvalue weighted by Crippen LogP contribution is 2.36. The maximum absolute atomic E-state index is 13.4. The Hall–Kier alpha value is -7.04. The van der Waals surface area contributed by atoms with Crippen molar-refractivity contribution in [2.75, 3.05) is 67.0 Å². The lowest BCUT2D eigenvalue weighted by Gasteiger charge is -2.35. The van der Waals surface area contributed by atoms with Crippen molar-refractivity contribution in [2.24, 2.45) is 0 Å². The summed E-state index contributed by atoms with van der Waals surface area (Å²) in [5.74, 6) is -0.988. The van der Waals surface area contributed by atoms with Gasteiger partial charge in [0.15, 0.2) is 6.73 Å². The van der Waals surface area contributed by atoms with Gasteiger partial charge in [0.2, 0.25) is 17.7 Å². The van der Waals surface area contributed by atoms with Crippen LogP contribution in [0.15, 0.2) is 97.1 Å². The van der Waals surface area contributed by atoms with E-state index in [0.29, 0.717) is 35.5 Å². The third-order valence-electron chi connectivity index (χ3n) is 11.7. The molecule has 2 aliphatic heterocycles. The number of nitrogens with zero attached hydrogens (tertiary/aromatic N) is 4. The van der Waals surface area contributed by atoms with Crippen molar-refractivity contribution in [1.82, 2.24) is 19.6 Å². The summed E-state index contributed by atoms with van der Waals surface area (Å²) >= 11 is 0. The van der Waals surface area contributed by atoms with E-state index in [4.69, 9.17) is 23.7 Å². The Morgan fingerprint density at radius 2 is 1.42 bits per heavy atom. The largest absolute Gasteiger partial charge is 0.510 e. The molecule has 0 aliphatic carbocycles. The minimum Gasteiger partial charge on any atom is -0.508 e. The van der Waals surface area contributed by atoms with Gasteiger partial charge in [0.1, 0.15) is 36.4 Å². The minimum absolute atomic E-state index is 0.00937. The fourth-order valence-corrected chi connectivity index (χ4v) is 7.98. The molecule has 16 heteroatoms. The Bertz CT molecular complexity index is 2480. The normalized spacial score (nSPS) is 15.1. The molecular formula is C53H62N4O12. The summed E-state index contributed by atoms with van der Waals surface area (Å²) in [6, 6.07) is 29.6. The third-order valence-corrected chi connectivity index (χ3v) is 11.7. The maximum atomic E-state index is 13.4. The molecule has 2 heterocycles. The Kier molecular flexibility index (Phi) is 17.7. The summed E-state index contributed by atoms with van der Waals surface area (Å²) in [5.41, 5.74) is 6.36. The number of ether oxygens (including phenoxy) is 5. The Morgan fingerprint density at radius 3 is 2.10 bits per heavy atom. The lowest BCUT2D eigenvalue weighted by Crippen LogP contribution is -2.55. The van der Waals surface area contributed by atoms with Crippen LogP contribution in [0.5, 0.6) is 11.5 Å². The first-order valence-corrected chi connectivity index (χ1v) is 23.1. The predicted molar refractivity (Wildman–Crippen MR) is 257 cm³/mol. The van der Waals surface area contributed by atoms with Crippen LogP contribution in [0.4, 0.5) is 4.79 Å². The molecule has 4 aromatic rings. The minimum atomic E-state index is -1.02. The second-order valence-corrected chi connectivity index (χ2v) is 17.8. The zero-order chi connectivity index (χ0) is 49.7. The van der Waals surface area contributed by atoms with E-state index in [2.05, 4.69) is 19.1 Å². The summed E-state index contributed by atoms with van der Waals surface area (Å²) in [6.45, 7) is 8.13. The van der Waals surface area contributed by atoms with Crippen molar-refractivity contribution >= 4 is 46.8 Å². The van der Waals surface area contributed by atoms with Gasteiger partial charge in [-0.3, -0.25) is 24.0 Å². The number of aromatic hydroxyl groups is 1. The lowest BCUT2D eigenvalue weighted by atomic mass is 9.88. The molecule has 4 aromatic carbocycles. The molecule has 5 amide bonds. The molecule has 1 unspecified atom stereocenters. The number of hydrogen-bond acceptors (Lipinski definition) is 12. The van der Waals surface area contributed by atoms with Crippen LogP contribution >= 0.6 is 0 Å². The van der Waals surface area contributed by atoms with Gasteiger partial charge in [0.05, 0.1) is 32.8 Å². The van der Waals surface area contributed by atoms with Crippen LogP contribution in [0, 0.1) is 0 Å². The van der Waals surface area contributed by atoms with Crippen LogP contribution in [0.3, 0.4) is 0 Å². The van der Waals surface area contributed by atoms with Crippen molar-refractivity contribution in [3.63, 3.8) is 0 Å². The van der Waals surface area contributed by atoms with E-state index >= 15 is 0 Å². The summed E-state index contributed by atoms with van der Waals surface area (Å²) in [7, 11) is 3.36. The first kappa shape index (κ1) is 51.4. The van der Waals surface area contributed by atoms with Crippen LogP contribution in [-0.2, 0) is 51.1 Å².